The molecule has 0 radical (unpaired) electrons. The predicted octanol–water partition coefficient (Wildman–Crippen LogP) is 2.56. The zero-order chi connectivity index (χ0) is 14.4. The van der Waals surface area contributed by atoms with Gasteiger partial charge in [-0.1, -0.05) is 24.3 Å². The van der Waals surface area contributed by atoms with Crippen LogP contribution in [0.3, 0.4) is 0 Å². The Bertz CT molecular complexity index is 735. The number of ketones is 3. The highest BCUT2D eigenvalue weighted by Gasteiger charge is 2.38. The molecule has 0 fully saturated rings. The van der Waals surface area contributed by atoms with Gasteiger partial charge < -0.3 is 5.11 Å². The third kappa shape index (κ3) is 1.58. The molecule has 0 aliphatic heterocycles. The Kier molecular flexibility index (Phi) is 2.67. The summed E-state index contributed by atoms with van der Waals surface area (Å²) in [4.78, 5) is 36.7. The van der Waals surface area contributed by atoms with E-state index >= 15 is 0 Å². The summed E-state index contributed by atoms with van der Waals surface area (Å²) in [7, 11) is 0. The molecule has 100 valence electrons. The molecule has 1 N–H and O–H groups in total. The van der Waals surface area contributed by atoms with Gasteiger partial charge in [-0.05, 0) is 13.3 Å². The molecule has 0 amide bonds. The molecule has 2 aliphatic carbocycles. The van der Waals surface area contributed by atoms with E-state index in [1.54, 1.807) is 24.3 Å². The van der Waals surface area contributed by atoms with Crippen molar-refractivity contribution in [2.45, 2.75) is 19.8 Å². The van der Waals surface area contributed by atoms with E-state index in [9.17, 15) is 19.5 Å². The zero-order valence-electron chi connectivity index (χ0n) is 10.9. The Balaban J connectivity index is 2.29. The smallest absolute Gasteiger partial charge is 0.195 e. The van der Waals surface area contributed by atoms with Gasteiger partial charge in [-0.25, -0.2) is 0 Å². The lowest BCUT2D eigenvalue weighted by atomic mass is 9.75. The number of fused-ring (bicyclic) bond motifs is 1. The molecule has 0 bridgehead atoms. The summed E-state index contributed by atoms with van der Waals surface area (Å²) in [6, 6.07) is 6.57. The topological polar surface area (TPSA) is 71.4 Å². The molecule has 20 heavy (non-hydrogen) atoms. The van der Waals surface area contributed by atoms with Crippen LogP contribution in [0.1, 0.15) is 40.5 Å². The third-order valence-corrected chi connectivity index (χ3v) is 3.72. The first-order valence-electron chi connectivity index (χ1n) is 6.37. The minimum absolute atomic E-state index is 0.000830. The van der Waals surface area contributed by atoms with Crippen LogP contribution in [0.2, 0.25) is 0 Å². The number of carbonyl (C=O) groups excluding carboxylic acids is 3. The van der Waals surface area contributed by atoms with Crippen molar-refractivity contribution in [3.05, 3.63) is 57.9 Å². The first-order valence-corrected chi connectivity index (χ1v) is 6.37. The fraction of sp³-hybridized carbons (Fsp3) is 0.188. The molecule has 4 heteroatoms. The Hall–Kier alpha value is -2.49. The van der Waals surface area contributed by atoms with Gasteiger partial charge in [-0.3, -0.25) is 14.4 Å². The van der Waals surface area contributed by atoms with Crippen molar-refractivity contribution in [3.63, 3.8) is 0 Å². The second kappa shape index (κ2) is 4.27. The standard InChI is InChI=1S/C16H12O4/c1-8(17)13-12(18)7-6-11-14(13)16(20)10-5-3-2-4-9(10)15(11)19/h2-5,18H,6-7H2,1H3. The van der Waals surface area contributed by atoms with Crippen LogP contribution in [-0.2, 0) is 4.79 Å². The molecule has 0 saturated carbocycles. The van der Waals surface area contributed by atoms with E-state index in [4.69, 9.17) is 0 Å². The fourth-order valence-electron chi connectivity index (χ4n) is 2.82. The summed E-state index contributed by atoms with van der Waals surface area (Å²) >= 11 is 0. The number of allylic oxidation sites excluding steroid dienone is 4. The summed E-state index contributed by atoms with van der Waals surface area (Å²) in [5.41, 5.74) is 1.10. The molecule has 0 saturated heterocycles. The Morgan fingerprint density at radius 3 is 2.25 bits per heavy atom. The monoisotopic (exact) mass is 268 g/mol. The Morgan fingerprint density at radius 1 is 1.05 bits per heavy atom. The molecular formula is C16H12O4. The normalized spacial score (nSPS) is 18.1. The highest BCUT2D eigenvalue weighted by atomic mass is 16.3. The van der Waals surface area contributed by atoms with Crippen LogP contribution < -0.4 is 0 Å². The molecule has 0 unspecified atom stereocenters. The first kappa shape index (κ1) is 12.5. The van der Waals surface area contributed by atoms with Crippen molar-refractivity contribution in [2.24, 2.45) is 0 Å². The number of aliphatic hydroxyl groups excluding tert-OH is 1. The minimum atomic E-state index is -0.393. The van der Waals surface area contributed by atoms with Crippen LogP contribution in [0.25, 0.3) is 0 Å². The molecule has 1 aromatic carbocycles. The van der Waals surface area contributed by atoms with E-state index in [0.29, 0.717) is 16.7 Å². The average Bonchev–Trinajstić information content (AvgIpc) is 2.44. The summed E-state index contributed by atoms with van der Waals surface area (Å²) in [6.45, 7) is 1.29. The maximum Gasteiger partial charge on any atom is 0.195 e. The van der Waals surface area contributed by atoms with Crippen molar-refractivity contribution in [3.8, 4) is 0 Å². The second-order valence-corrected chi connectivity index (χ2v) is 4.94. The van der Waals surface area contributed by atoms with E-state index in [0.717, 1.165) is 0 Å². The van der Waals surface area contributed by atoms with Crippen LogP contribution in [0.4, 0.5) is 0 Å². The van der Waals surface area contributed by atoms with E-state index in [1.165, 1.54) is 6.92 Å². The summed E-state index contributed by atoms with van der Waals surface area (Å²) < 4.78 is 0. The average molecular weight is 268 g/mol. The van der Waals surface area contributed by atoms with Crippen molar-refractivity contribution < 1.29 is 19.5 Å². The van der Waals surface area contributed by atoms with Gasteiger partial charge in [0, 0.05) is 28.7 Å². The van der Waals surface area contributed by atoms with E-state index in [2.05, 4.69) is 0 Å². The van der Waals surface area contributed by atoms with Crippen molar-refractivity contribution in [1.29, 1.82) is 0 Å². The van der Waals surface area contributed by atoms with Gasteiger partial charge in [0.25, 0.3) is 0 Å². The zero-order valence-corrected chi connectivity index (χ0v) is 10.9. The van der Waals surface area contributed by atoms with Gasteiger partial charge in [0.15, 0.2) is 17.3 Å². The van der Waals surface area contributed by atoms with E-state index < -0.39 is 5.78 Å². The van der Waals surface area contributed by atoms with Crippen molar-refractivity contribution >= 4 is 17.3 Å². The number of benzene rings is 1. The van der Waals surface area contributed by atoms with Crippen LogP contribution in [-0.4, -0.2) is 22.5 Å². The van der Waals surface area contributed by atoms with Gasteiger partial charge in [0.2, 0.25) is 0 Å². The first-order chi connectivity index (χ1) is 9.52. The molecule has 2 aliphatic rings. The maximum atomic E-state index is 12.5. The fourth-order valence-corrected chi connectivity index (χ4v) is 2.82. The minimum Gasteiger partial charge on any atom is -0.512 e. The molecule has 4 nitrogen and oxygen atoms in total. The summed E-state index contributed by atoms with van der Waals surface area (Å²) in [6.07, 6.45) is 0.506. The Morgan fingerprint density at radius 2 is 1.65 bits per heavy atom. The lowest BCUT2D eigenvalue weighted by Gasteiger charge is -2.25. The summed E-state index contributed by atoms with van der Waals surface area (Å²) in [5, 5.41) is 9.89. The Labute approximate surface area is 115 Å². The summed E-state index contributed by atoms with van der Waals surface area (Å²) in [5.74, 6) is -1.07. The number of rotatable bonds is 1. The SMILES string of the molecule is CC(=O)C1=C(O)CCC2=C1C(=O)c1ccccc1C2=O. The number of carbonyl (C=O) groups is 3. The van der Waals surface area contributed by atoms with Crippen LogP contribution in [0.5, 0.6) is 0 Å². The number of hydrogen-bond donors (Lipinski definition) is 1. The lowest BCUT2D eigenvalue weighted by molar-refractivity contribution is -0.113. The molecule has 3 rings (SSSR count). The molecule has 1 aromatic rings. The lowest BCUT2D eigenvalue weighted by Crippen LogP contribution is -2.27. The molecule has 0 spiro atoms. The van der Waals surface area contributed by atoms with Crippen LogP contribution in [0, 0.1) is 0 Å². The largest absolute Gasteiger partial charge is 0.512 e. The molecule has 0 heterocycles. The highest BCUT2D eigenvalue weighted by molar-refractivity contribution is 6.31. The molecule has 0 atom stereocenters. The predicted molar refractivity (Wildman–Crippen MR) is 71.7 cm³/mol. The van der Waals surface area contributed by atoms with Crippen LogP contribution in [0.15, 0.2) is 46.7 Å². The molecule has 0 aromatic heterocycles. The van der Waals surface area contributed by atoms with E-state index in [-0.39, 0.29) is 41.3 Å². The third-order valence-electron chi connectivity index (χ3n) is 3.72. The number of aliphatic hydroxyl groups is 1. The van der Waals surface area contributed by atoms with Gasteiger partial charge in [-0.15, -0.1) is 0 Å². The maximum absolute atomic E-state index is 12.5. The van der Waals surface area contributed by atoms with Gasteiger partial charge in [-0.2, -0.15) is 0 Å². The number of Topliss-reactive ketones (excluding diaryl/α,β-unsaturated/α-hetero) is 3. The van der Waals surface area contributed by atoms with Crippen molar-refractivity contribution in [2.75, 3.05) is 0 Å². The quantitative estimate of drug-likeness (QED) is 0.849. The van der Waals surface area contributed by atoms with Crippen LogP contribution >= 0.6 is 0 Å². The van der Waals surface area contributed by atoms with Gasteiger partial charge in [0.05, 0.1) is 5.57 Å². The van der Waals surface area contributed by atoms with Gasteiger partial charge >= 0.3 is 0 Å². The number of hydrogen-bond acceptors (Lipinski definition) is 4. The van der Waals surface area contributed by atoms with E-state index in [1.807, 2.05) is 0 Å². The molecular weight excluding hydrogens is 256 g/mol. The van der Waals surface area contributed by atoms with Gasteiger partial charge in [0.1, 0.15) is 5.76 Å². The second-order valence-electron chi connectivity index (χ2n) is 4.94. The van der Waals surface area contributed by atoms with Crippen molar-refractivity contribution in [1.82, 2.24) is 0 Å². The highest BCUT2D eigenvalue weighted by Crippen LogP contribution is 2.38.